The Morgan fingerprint density at radius 3 is 2.46 bits per heavy atom. The highest BCUT2D eigenvalue weighted by atomic mass is 19.1. The van der Waals surface area contributed by atoms with Crippen LogP contribution in [0.15, 0.2) is 0 Å². The van der Waals surface area contributed by atoms with Gasteiger partial charge >= 0.3 is 0 Å². The molecule has 0 aromatic heterocycles. The number of hydrogen-bond acceptors (Lipinski definition) is 1. The lowest BCUT2D eigenvalue weighted by Crippen LogP contribution is -2.40. The van der Waals surface area contributed by atoms with Gasteiger partial charge in [0.25, 0.3) is 0 Å². The van der Waals surface area contributed by atoms with Gasteiger partial charge < -0.3 is 4.90 Å². The fraction of sp³-hybridized carbons (Fsp3) is 1.00. The molecule has 0 amide bonds. The molecular formula is C11H22FN. The standard InChI is InChI=1S/C11H22FN/c1-11(2,3)7-9-5-6-13(4)8-10(9)12/h9-10H,5-8H2,1-4H3/t9?,10-/m0/s1. The molecule has 13 heavy (non-hydrogen) atoms. The third kappa shape index (κ3) is 3.63. The third-order valence-electron chi connectivity index (χ3n) is 2.75. The Hall–Kier alpha value is -0.110. The second-order valence-electron chi connectivity index (χ2n) is 5.59. The minimum atomic E-state index is -0.613. The summed E-state index contributed by atoms with van der Waals surface area (Å²) in [6.07, 6.45) is 1.43. The SMILES string of the molecule is CN1CCC(CC(C)(C)C)[C@@H](F)C1. The zero-order chi connectivity index (χ0) is 10.1. The minimum Gasteiger partial charge on any atom is -0.303 e. The lowest BCUT2D eigenvalue weighted by Gasteiger charge is -2.35. The number of halogens is 1. The van der Waals surface area contributed by atoms with E-state index >= 15 is 0 Å². The Morgan fingerprint density at radius 2 is 2.00 bits per heavy atom. The van der Waals surface area contributed by atoms with Gasteiger partial charge in [0.1, 0.15) is 6.17 Å². The lowest BCUT2D eigenvalue weighted by molar-refractivity contribution is 0.0759. The van der Waals surface area contributed by atoms with Gasteiger partial charge in [-0.25, -0.2) is 4.39 Å². The molecule has 1 unspecified atom stereocenters. The summed E-state index contributed by atoms with van der Waals surface area (Å²) in [6, 6.07) is 0. The van der Waals surface area contributed by atoms with Crippen LogP contribution in [-0.2, 0) is 0 Å². The maximum Gasteiger partial charge on any atom is 0.116 e. The molecule has 1 fully saturated rings. The average Bonchev–Trinajstić information content (AvgIpc) is 1.93. The largest absolute Gasteiger partial charge is 0.303 e. The predicted octanol–water partition coefficient (Wildman–Crippen LogP) is 2.71. The maximum absolute atomic E-state index is 13.6. The van der Waals surface area contributed by atoms with Crippen molar-refractivity contribution in [3.63, 3.8) is 0 Å². The highest BCUT2D eigenvalue weighted by molar-refractivity contribution is 4.82. The van der Waals surface area contributed by atoms with Crippen molar-refractivity contribution < 1.29 is 4.39 Å². The zero-order valence-corrected chi connectivity index (χ0v) is 9.31. The Bertz CT molecular complexity index is 162. The van der Waals surface area contributed by atoms with Crippen LogP contribution in [0, 0.1) is 11.3 Å². The van der Waals surface area contributed by atoms with E-state index in [-0.39, 0.29) is 11.3 Å². The molecule has 1 aliphatic rings. The van der Waals surface area contributed by atoms with Gasteiger partial charge in [0.2, 0.25) is 0 Å². The first-order valence-electron chi connectivity index (χ1n) is 5.21. The van der Waals surface area contributed by atoms with Crippen molar-refractivity contribution in [2.45, 2.75) is 39.8 Å². The van der Waals surface area contributed by atoms with Crippen LogP contribution >= 0.6 is 0 Å². The van der Waals surface area contributed by atoms with E-state index in [1.54, 1.807) is 0 Å². The van der Waals surface area contributed by atoms with Gasteiger partial charge in [-0.05, 0) is 37.8 Å². The van der Waals surface area contributed by atoms with Crippen molar-refractivity contribution in [3.8, 4) is 0 Å². The Kier molecular flexibility index (Phi) is 3.33. The Labute approximate surface area is 81.3 Å². The molecule has 0 radical (unpaired) electrons. The van der Waals surface area contributed by atoms with Crippen LogP contribution in [0.1, 0.15) is 33.6 Å². The smallest absolute Gasteiger partial charge is 0.116 e. The van der Waals surface area contributed by atoms with Crippen molar-refractivity contribution in [1.29, 1.82) is 0 Å². The minimum absolute atomic E-state index is 0.269. The number of alkyl halides is 1. The van der Waals surface area contributed by atoms with Gasteiger partial charge in [-0.1, -0.05) is 20.8 Å². The number of piperidine rings is 1. The highest BCUT2D eigenvalue weighted by Crippen LogP contribution is 2.32. The highest BCUT2D eigenvalue weighted by Gasteiger charge is 2.30. The van der Waals surface area contributed by atoms with Gasteiger partial charge in [-0.15, -0.1) is 0 Å². The summed E-state index contributed by atoms with van der Waals surface area (Å²) >= 11 is 0. The second kappa shape index (κ2) is 3.95. The first kappa shape index (κ1) is 11.0. The number of rotatable bonds is 1. The molecule has 1 aliphatic heterocycles. The van der Waals surface area contributed by atoms with E-state index in [4.69, 9.17) is 0 Å². The summed E-state index contributed by atoms with van der Waals surface area (Å²) in [6.45, 7) is 8.26. The zero-order valence-electron chi connectivity index (χ0n) is 9.31. The van der Waals surface area contributed by atoms with Crippen LogP contribution < -0.4 is 0 Å². The van der Waals surface area contributed by atoms with Crippen molar-refractivity contribution >= 4 is 0 Å². The summed E-state index contributed by atoms with van der Waals surface area (Å²) in [7, 11) is 2.00. The van der Waals surface area contributed by atoms with Gasteiger partial charge in [-0.2, -0.15) is 0 Å². The molecule has 1 nitrogen and oxygen atoms in total. The fourth-order valence-corrected chi connectivity index (χ4v) is 2.12. The molecule has 0 N–H and O–H groups in total. The van der Waals surface area contributed by atoms with Gasteiger partial charge in [0.15, 0.2) is 0 Å². The Balaban J connectivity index is 2.43. The van der Waals surface area contributed by atoms with E-state index in [0.29, 0.717) is 6.54 Å². The van der Waals surface area contributed by atoms with Crippen molar-refractivity contribution in [2.24, 2.45) is 11.3 Å². The van der Waals surface area contributed by atoms with Crippen LogP contribution in [0.25, 0.3) is 0 Å². The Morgan fingerprint density at radius 1 is 1.38 bits per heavy atom. The molecule has 0 bridgehead atoms. The van der Waals surface area contributed by atoms with Crippen molar-refractivity contribution in [1.82, 2.24) is 4.90 Å². The average molecular weight is 187 g/mol. The maximum atomic E-state index is 13.6. The topological polar surface area (TPSA) is 3.24 Å². The van der Waals surface area contributed by atoms with Crippen LogP contribution in [0.4, 0.5) is 4.39 Å². The van der Waals surface area contributed by atoms with E-state index < -0.39 is 6.17 Å². The molecule has 1 rings (SSSR count). The molecule has 2 heteroatoms. The molecule has 0 spiro atoms. The van der Waals surface area contributed by atoms with E-state index in [1.807, 2.05) is 7.05 Å². The van der Waals surface area contributed by atoms with Crippen LogP contribution in [0.3, 0.4) is 0 Å². The third-order valence-corrected chi connectivity index (χ3v) is 2.75. The van der Waals surface area contributed by atoms with Crippen molar-refractivity contribution in [2.75, 3.05) is 20.1 Å². The van der Waals surface area contributed by atoms with E-state index in [2.05, 4.69) is 25.7 Å². The number of nitrogens with zero attached hydrogens (tertiary/aromatic N) is 1. The number of likely N-dealkylation sites (tertiary alicyclic amines) is 1. The summed E-state index contributed by atoms with van der Waals surface area (Å²) < 4.78 is 13.6. The second-order valence-corrected chi connectivity index (χ2v) is 5.59. The molecule has 0 saturated carbocycles. The molecule has 0 aromatic rings. The van der Waals surface area contributed by atoms with E-state index in [9.17, 15) is 4.39 Å². The molecular weight excluding hydrogens is 165 g/mol. The molecule has 0 aliphatic carbocycles. The molecule has 1 saturated heterocycles. The van der Waals surface area contributed by atoms with Gasteiger partial charge in [-0.3, -0.25) is 0 Å². The summed E-state index contributed by atoms with van der Waals surface area (Å²) in [4.78, 5) is 2.09. The summed E-state index contributed by atoms with van der Waals surface area (Å²) in [5.41, 5.74) is 0.269. The van der Waals surface area contributed by atoms with Crippen LogP contribution in [0.5, 0.6) is 0 Å². The summed E-state index contributed by atoms with van der Waals surface area (Å²) in [5, 5.41) is 0. The van der Waals surface area contributed by atoms with Crippen molar-refractivity contribution in [3.05, 3.63) is 0 Å². The predicted molar refractivity (Wildman–Crippen MR) is 54.6 cm³/mol. The number of hydrogen-bond donors (Lipinski definition) is 0. The summed E-state index contributed by atoms with van der Waals surface area (Å²) in [5.74, 6) is 0.288. The molecule has 78 valence electrons. The molecule has 1 heterocycles. The quantitative estimate of drug-likeness (QED) is 0.610. The monoisotopic (exact) mass is 187 g/mol. The fourth-order valence-electron chi connectivity index (χ4n) is 2.12. The van der Waals surface area contributed by atoms with E-state index in [0.717, 1.165) is 19.4 Å². The lowest BCUT2D eigenvalue weighted by atomic mass is 9.79. The van der Waals surface area contributed by atoms with E-state index in [1.165, 1.54) is 0 Å². The van der Waals surface area contributed by atoms with Crippen LogP contribution in [-0.4, -0.2) is 31.2 Å². The van der Waals surface area contributed by atoms with Gasteiger partial charge in [0, 0.05) is 6.54 Å². The molecule has 0 aromatic carbocycles. The molecule has 2 atom stereocenters. The first-order valence-corrected chi connectivity index (χ1v) is 5.21. The van der Waals surface area contributed by atoms with Crippen LogP contribution in [0.2, 0.25) is 0 Å². The first-order chi connectivity index (χ1) is 5.88. The normalized spacial score (nSPS) is 32.1. The van der Waals surface area contributed by atoms with Gasteiger partial charge in [0.05, 0.1) is 0 Å².